The van der Waals surface area contributed by atoms with Crippen LogP contribution in [0.2, 0.25) is 0 Å². The van der Waals surface area contributed by atoms with Gasteiger partial charge in [0.2, 0.25) is 11.9 Å². The molecule has 158 valence electrons. The molecular weight excluding hydrogens is 380 g/mol. The molecule has 3 aliphatic heterocycles. The van der Waals surface area contributed by atoms with Crippen LogP contribution in [0.5, 0.6) is 0 Å². The Hall–Kier alpha value is -1.41. The zero-order valence-corrected chi connectivity index (χ0v) is 15.1. The van der Waals surface area contributed by atoms with Crippen molar-refractivity contribution >= 4 is 5.97 Å². The molecule has 0 spiro atoms. The van der Waals surface area contributed by atoms with Crippen LogP contribution in [0.15, 0.2) is 24.3 Å². The molecule has 0 aromatic heterocycles. The van der Waals surface area contributed by atoms with Crippen molar-refractivity contribution in [1.29, 1.82) is 0 Å². The molecule has 9 atom stereocenters. The Labute approximate surface area is 160 Å². The third-order valence-electron chi connectivity index (χ3n) is 5.10. The number of hydrogen-bond donors (Lipinski definition) is 5. The molecule has 0 aromatic carbocycles. The normalized spacial score (nSPS) is 46.4. The van der Waals surface area contributed by atoms with Crippen LogP contribution in [0.25, 0.3) is 0 Å². The van der Waals surface area contributed by atoms with Gasteiger partial charge in [-0.25, -0.2) is 4.79 Å². The molecule has 5 N–H and O–H groups in total. The molecule has 11 nitrogen and oxygen atoms in total. The SMILES string of the molecule is C=CC1C2=CCOC(=O)C2(O)C(OC)OC1OC1OC(CO)C(O)C(O)C1O. The molecule has 28 heavy (non-hydrogen) atoms. The average Bonchev–Trinajstić information content (AvgIpc) is 2.69. The van der Waals surface area contributed by atoms with Crippen LogP contribution in [-0.4, -0.2) is 101 Å². The van der Waals surface area contributed by atoms with Gasteiger partial charge in [0.05, 0.1) is 12.5 Å². The maximum absolute atomic E-state index is 12.2. The Morgan fingerprint density at radius 3 is 2.57 bits per heavy atom. The Kier molecular flexibility index (Phi) is 6.20. The second kappa shape index (κ2) is 8.14. The molecule has 0 aliphatic carbocycles. The van der Waals surface area contributed by atoms with Crippen molar-refractivity contribution in [2.24, 2.45) is 5.92 Å². The summed E-state index contributed by atoms with van der Waals surface area (Å²) in [6, 6.07) is 0. The quantitative estimate of drug-likeness (QED) is 0.237. The summed E-state index contributed by atoms with van der Waals surface area (Å²) in [5, 5.41) is 50.1. The fraction of sp³-hybridized carbons (Fsp3) is 0.706. The van der Waals surface area contributed by atoms with Crippen LogP contribution < -0.4 is 0 Å². The molecule has 0 radical (unpaired) electrons. The van der Waals surface area contributed by atoms with Crippen LogP contribution in [0.3, 0.4) is 0 Å². The first kappa shape index (κ1) is 21.3. The highest BCUT2D eigenvalue weighted by Gasteiger charge is 2.60. The summed E-state index contributed by atoms with van der Waals surface area (Å²) in [6.07, 6.45) is -7.37. The minimum Gasteiger partial charge on any atom is -0.459 e. The largest absolute Gasteiger partial charge is 0.459 e. The minimum absolute atomic E-state index is 0.0793. The van der Waals surface area contributed by atoms with Gasteiger partial charge in [0.1, 0.15) is 31.0 Å². The van der Waals surface area contributed by atoms with E-state index in [0.29, 0.717) is 0 Å². The number of hydrogen-bond acceptors (Lipinski definition) is 11. The van der Waals surface area contributed by atoms with Crippen LogP contribution in [0.1, 0.15) is 0 Å². The Morgan fingerprint density at radius 1 is 1.25 bits per heavy atom. The van der Waals surface area contributed by atoms with Crippen LogP contribution in [0.4, 0.5) is 0 Å². The van der Waals surface area contributed by atoms with Gasteiger partial charge in [-0.05, 0) is 11.6 Å². The van der Waals surface area contributed by atoms with Crippen LogP contribution >= 0.6 is 0 Å². The van der Waals surface area contributed by atoms with Gasteiger partial charge < -0.3 is 49.2 Å². The van der Waals surface area contributed by atoms with Crippen molar-refractivity contribution in [3.05, 3.63) is 24.3 Å². The van der Waals surface area contributed by atoms with E-state index < -0.39 is 67.4 Å². The highest BCUT2D eigenvalue weighted by atomic mass is 16.8. The molecule has 11 heteroatoms. The van der Waals surface area contributed by atoms with Gasteiger partial charge in [0, 0.05) is 7.11 Å². The molecule has 3 heterocycles. The topological polar surface area (TPSA) is 164 Å². The summed E-state index contributed by atoms with van der Waals surface area (Å²) >= 11 is 0. The second-order valence-electron chi connectivity index (χ2n) is 6.69. The number of esters is 1. The van der Waals surface area contributed by atoms with Gasteiger partial charge in [0.25, 0.3) is 0 Å². The van der Waals surface area contributed by atoms with Gasteiger partial charge in [-0.1, -0.05) is 6.08 Å². The van der Waals surface area contributed by atoms with Gasteiger partial charge in [-0.15, -0.1) is 6.58 Å². The predicted molar refractivity (Wildman–Crippen MR) is 88.2 cm³/mol. The van der Waals surface area contributed by atoms with E-state index >= 15 is 0 Å². The number of aliphatic hydroxyl groups excluding tert-OH is 4. The predicted octanol–water partition coefficient (Wildman–Crippen LogP) is -2.85. The Morgan fingerprint density at radius 2 is 1.96 bits per heavy atom. The van der Waals surface area contributed by atoms with Crippen LogP contribution in [-0.2, 0) is 28.5 Å². The van der Waals surface area contributed by atoms with Crippen molar-refractivity contribution in [3.8, 4) is 0 Å². The van der Waals surface area contributed by atoms with E-state index in [1.54, 1.807) is 0 Å². The number of ether oxygens (including phenoxy) is 5. The summed E-state index contributed by atoms with van der Waals surface area (Å²) in [6.45, 7) is 2.96. The third-order valence-corrected chi connectivity index (χ3v) is 5.10. The molecule has 0 amide bonds. The molecular formula is C17H24O11. The number of cyclic esters (lactones) is 1. The number of fused-ring (bicyclic) bond motifs is 1. The smallest absolute Gasteiger partial charge is 0.348 e. The van der Waals surface area contributed by atoms with Crippen molar-refractivity contribution in [2.75, 3.05) is 20.3 Å². The molecule has 9 unspecified atom stereocenters. The molecule has 0 bridgehead atoms. The van der Waals surface area contributed by atoms with Crippen LogP contribution in [0, 0.1) is 5.92 Å². The molecule has 2 saturated heterocycles. The number of carbonyl (C=O) groups is 1. The van der Waals surface area contributed by atoms with Gasteiger partial charge in [0.15, 0.2) is 12.6 Å². The lowest BCUT2D eigenvalue weighted by Crippen LogP contribution is -2.64. The van der Waals surface area contributed by atoms with Gasteiger partial charge >= 0.3 is 5.97 Å². The third kappa shape index (κ3) is 3.28. The lowest BCUT2D eigenvalue weighted by molar-refractivity contribution is -0.376. The van der Waals surface area contributed by atoms with Gasteiger partial charge in [-0.2, -0.15) is 0 Å². The first-order valence-corrected chi connectivity index (χ1v) is 8.66. The first-order valence-electron chi connectivity index (χ1n) is 8.66. The van der Waals surface area contributed by atoms with E-state index in [1.165, 1.54) is 19.3 Å². The number of aliphatic hydroxyl groups is 5. The Bertz CT molecular complexity index is 635. The van der Waals surface area contributed by atoms with E-state index in [2.05, 4.69) is 6.58 Å². The first-order chi connectivity index (χ1) is 13.3. The number of methoxy groups -OCH3 is 1. The molecule has 0 saturated carbocycles. The van der Waals surface area contributed by atoms with E-state index in [1.807, 2.05) is 0 Å². The highest BCUT2D eigenvalue weighted by molar-refractivity contribution is 5.85. The highest BCUT2D eigenvalue weighted by Crippen LogP contribution is 2.43. The average molecular weight is 404 g/mol. The van der Waals surface area contributed by atoms with Crippen molar-refractivity contribution < 1.29 is 54.0 Å². The van der Waals surface area contributed by atoms with Crippen molar-refractivity contribution in [3.63, 3.8) is 0 Å². The van der Waals surface area contributed by atoms with E-state index in [0.717, 1.165) is 0 Å². The summed E-state index contributed by atoms with van der Waals surface area (Å²) in [7, 11) is 1.21. The van der Waals surface area contributed by atoms with Crippen molar-refractivity contribution in [2.45, 2.75) is 48.9 Å². The maximum atomic E-state index is 12.2. The fourth-order valence-corrected chi connectivity index (χ4v) is 3.56. The van der Waals surface area contributed by atoms with Crippen molar-refractivity contribution in [1.82, 2.24) is 0 Å². The zero-order valence-electron chi connectivity index (χ0n) is 15.1. The standard InChI is InChI=1S/C17H24O11/c1-3-7-8-4-5-25-15(22)17(8,23)16(24-2)28-13(7)27-14-12(21)11(20)10(19)9(6-18)26-14/h3-4,7,9-14,16,18-21,23H,1,5-6H2,2H3. The summed E-state index contributed by atoms with van der Waals surface area (Å²) in [4.78, 5) is 12.2. The fourth-order valence-electron chi connectivity index (χ4n) is 3.56. The van der Waals surface area contributed by atoms with E-state index in [4.69, 9.17) is 23.7 Å². The molecule has 0 aromatic rings. The lowest BCUT2D eigenvalue weighted by Gasteiger charge is -2.48. The van der Waals surface area contributed by atoms with E-state index in [9.17, 15) is 30.3 Å². The summed E-state index contributed by atoms with van der Waals surface area (Å²) in [5.41, 5.74) is -2.02. The Balaban J connectivity index is 1.87. The molecule has 3 rings (SSSR count). The number of rotatable bonds is 5. The molecule has 3 aliphatic rings. The van der Waals surface area contributed by atoms with Gasteiger partial charge in [-0.3, -0.25) is 0 Å². The molecule has 2 fully saturated rings. The summed E-state index contributed by atoms with van der Waals surface area (Å²) in [5.74, 6) is -1.80. The zero-order chi connectivity index (χ0) is 20.6. The summed E-state index contributed by atoms with van der Waals surface area (Å²) < 4.78 is 26.5. The van der Waals surface area contributed by atoms with E-state index in [-0.39, 0.29) is 12.2 Å². The lowest BCUT2D eigenvalue weighted by atomic mass is 9.79. The number of carbonyl (C=O) groups excluding carboxylic acids is 1. The monoisotopic (exact) mass is 404 g/mol. The second-order valence-corrected chi connectivity index (χ2v) is 6.69. The maximum Gasteiger partial charge on any atom is 0.348 e. The minimum atomic E-state index is -2.21.